The van der Waals surface area contributed by atoms with E-state index in [2.05, 4.69) is 19.7 Å². The fourth-order valence-corrected chi connectivity index (χ4v) is 0.760. The van der Waals surface area contributed by atoms with E-state index in [4.69, 9.17) is 0 Å². The molecular weight excluding hydrogens is 132 g/mol. The van der Waals surface area contributed by atoms with Crippen LogP contribution in [0, 0.1) is 0 Å². The van der Waals surface area contributed by atoms with Crippen LogP contribution in [-0.4, -0.2) is 0 Å². The maximum atomic E-state index is 3.69. The maximum absolute atomic E-state index is 3.69. The third-order valence-electron chi connectivity index (χ3n) is 1.34. The Morgan fingerprint density at radius 1 is 1.00 bits per heavy atom. The number of rotatable bonds is 4. The van der Waals surface area contributed by atoms with E-state index in [0.717, 1.165) is 11.1 Å². The third-order valence-corrected chi connectivity index (χ3v) is 1.34. The van der Waals surface area contributed by atoms with Gasteiger partial charge in [-0.25, -0.2) is 0 Å². The molecule has 0 spiro atoms. The molecule has 0 fully saturated rings. The third kappa shape index (κ3) is 3.41. The van der Waals surface area contributed by atoms with E-state index in [0.29, 0.717) is 0 Å². The number of hydrogen-bond acceptors (Lipinski definition) is 0. The van der Waals surface area contributed by atoms with Crippen LogP contribution in [0.5, 0.6) is 0 Å². The van der Waals surface area contributed by atoms with Gasteiger partial charge in [0.1, 0.15) is 0 Å². The van der Waals surface area contributed by atoms with E-state index >= 15 is 0 Å². The van der Waals surface area contributed by atoms with Gasteiger partial charge in [-0.1, -0.05) is 50.1 Å². The molecule has 0 aromatic carbocycles. The Bertz CT molecular complexity index is 214. The van der Waals surface area contributed by atoms with Crippen LogP contribution in [0.4, 0.5) is 0 Å². The summed E-state index contributed by atoms with van der Waals surface area (Å²) in [6.07, 6.45) is 9.17. The van der Waals surface area contributed by atoms with Crippen molar-refractivity contribution in [2.75, 3.05) is 0 Å². The van der Waals surface area contributed by atoms with Gasteiger partial charge in [0.05, 0.1) is 0 Å². The SMILES string of the molecule is C=C/C=C(C)\C(C=C)=C\C=C. The van der Waals surface area contributed by atoms with Gasteiger partial charge in [-0.05, 0) is 18.1 Å². The van der Waals surface area contributed by atoms with Gasteiger partial charge in [0, 0.05) is 0 Å². The summed E-state index contributed by atoms with van der Waals surface area (Å²) in [7, 11) is 0. The molecule has 0 aromatic rings. The second-order valence-electron chi connectivity index (χ2n) is 2.15. The molecule has 0 unspecified atom stereocenters. The van der Waals surface area contributed by atoms with Crippen molar-refractivity contribution in [3.63, 3.8) is 0 Å². The van der Waals surface area contributed by atoms with E-state index in [1.165, 1.54) is 0 Å². The van der Waals surface area contributed by atoms with Crippen molar-refractivity contribution in [1.82, 2.24) is 0 Å². The van der Waals surface area contributed by atoms with E-state index in [-0.39, 0.29) is 0 Å². The molecule has 0 heteroatoms. The van der Waals surface area contributed by atoms with Crippen molar-refractivity contribution in [1.29, 1.82) is 0 Å². The first-order valence-electron chi connectivity index (χ1n) is 3.51. The standard InChI is InChI=1S/C11H14/c1-5-8-10(4)11(7-3)9-6-2/h5-9H,1-3H2,4H3/b10-8-,11-9+. The Balaban J connectivity index is 4.63. The number of allylic oxidation sites excluding steroid dienone is 7. The smallest absolute Gasteiger partial charge is 0.0233 e. The minimum Gasteiger partial charge on any atom is -0.0991 e. The van der Waals surface area contributed by atoms with Gasteiger partial charge >= 0.3 is 0 Å². The summed E-state index contributed by atoms with van der Waals surface area (Å²) in [4.78, 5) is 0. The predicted octanol–water partition coefficient (Wildman–Crippen LogP) is 3.42. The fourth-order valence-electron chi connectivity index (χ4n) is 0.760. The Morgan fingerprint density at radius 2 is 1.55 bits per heavy atom. The van der Waals surface area contributed by atoms with Crippen LogP contribution in [0.3, 0.4) is 0 Å². The zero-order valence-electron chi connectivity index (χ0n) is 7.01. The molecule has 0 N–H and O–H groups in total. The van der Waals surface area contributed by atoms with Crippen LogP contribution < -0.4 is 0 Å². The average molecular weight is 146 g/mol. The van der Waals surface area contributed by atoms with Crippen molar-refractivity contribution >= 4 is 0 Å². The molecule has 0 rings (SSSR count). The molecule has 0 saturated heterocycles. The molecule has 0 heterocycles. The molecular formula is C11H14. The topological polar surface area (TPSA) is 0 Å². The molecule has 0 aliphatic carbocycles. The van der Waals surface area contributed by atoms with Gasteiger partial charge in [-0.3, -0.25) is 0 Å². The van der Waals surface area contributed by atoms with Crippen molar-refractivity contribution in [2.45, 2.75) is 6.92 Å². The molecule has 0 amide bonds. The van der Waals surface area contributed by atoms with E-state index in [1.54, 1.807) is 18.2 Å². The van der Waals surface area contributed by atoms with Crippen LogP contribution in [0.1, 0.15) is 6.92 Å². The summed E-state index contributed by atoms with van der Waals surface area (Å²) in [5, 5.41) is 0. The molecule has 0 radical (unpaired) electrons. The Labute approximate surface area is 68.9 Å². The minimum atomic E-state index is 1.08. The second kappa shape index (κ2) is 5.48. The lowest BCUT2D eigenvalue weighted by atomic mass is 10.1. The highest BCUT2D eigenvalue weighted by atomic mass is 13.9. The first-order valence-corrected chi connectivity index (χ1v) is 3.51. The molecule has 0 aromatic heterocycles. The first-order chi connectivity index (χ1) is 5.26. The first kappa shape index (κ1) is 9.70. The van der Waals surface area contributed by atoms with Gasteiger partial charge in [0.25, 0.3) is 0 Å². The average Bonchev–Trinajstić information content (AvgIpc) is 2.00. The predicted molar refractivity (Wildman–Crippen MR) is 52.4 cm³/mol. The Morgan fingerprint density at radius 3 is 1.91 bits per heavy atom. The molecule has 11 heavy (non-hydrogen) atoms. The Kier molecular flexibility index (Phi) is 4.83. The lowest BCUT2D eigenvalue weighted by Crippen LogP contribution is -1.78. The molecule has 0 nitrogen and oxygen atoms in total. The highest BCUT2D eigenvalue weighted by molar-refractivity contribution is 5.40. The fraction of sp³-hybridized carbons (Fsp3) is 0.0909. The molecule has 58 valence electrons. The summed E-state index contributed by atoms with van der Waals surface area (Å²) in [6.45, 7) is 12.9. The molecule has 0 atom stereocenters. The monoisotopic (exact) mass is 146 g/mol. The van der Waals surface area contributed by atoms with Gasteiger partial charge in [0.2, 0.25) is 0 Å². The maximum Gasteiger partial charge on any atom is -0.0233 e. The van der Waals surface area contributed by atoms with Crippen molar-refractivity contribution in [3.8, 4) is 0 Å². The van der Waals surface area contributed by atoms with Crippen LogP contribution in [-0.2, 0) is 0 Å². The number of hydrogen-bond donors (Lipinski definition) is 0. The second-order valence-corrected chi connectivity index (χ2v) is 2.15. The molecule has 0 aliphatic heterocycles. The van der Waals surface area contributed by atoms with Crippen LogP contribution in [0.2, 0.25) is 0 Å². The molecule has 0 aliphatic rings. The zero-order chi connectivity index (χ0) is 8.69. The van der Waals surface area contributed by atoms with Crippen molar-refractivity contribution in [3.05, 3.63) is 61.3 Å². The van der Waals surface area contributed by atoms with Crippen LogP contribution >= 0.6 is 0 Å². The highest BCUT2D eigenvalue weighted by Crippen LogP contribution is 2.09. The van der Waals surface area contributed by atoms with Crippen molar-refractivity contribution < 1.29 is 0 Å². The van der Waals surface area contributed by atoms with Crippen LogP contribution in [0.25, 0.3) is 0 Å². The summed E-state index contributed by atoms with van der Waals surface area (Å²) in [6, 6.07) is 0. The van der Waals surface area contributed by atoms with Gasteiger partial charge < -0.3 is 0 Å². The largest absolute Gasteiger partial charge is 0.0991 e. The highest BCUT2D eigenvalue weighted by Gasteiger charge is 1.89. The van der Waals surface area contributed by atoms with Gasteiger partial charge in [-0.2, -0.15) is 0 Å². The van der Waals surface area contributed by atoms with E-state index < -0.39 is 0 Å². The summed E-state index contributed by atoms with van der Waals surface area (Å²) in [5.41, 5.74) is 2.23. The zero-order valence-corrected chi connectivity index (χ0v) is 7.01. The summed E-state index contributed by atoms with van der Waals surface area (Å²) < 4.78 is 0. The normalized spacial score (nSPS) is 12.5. The molecule has 0 bridgehead atoms. The summed E-state index contributed by atoms with van der Waals surface area (Å²) in [5.74, 6) is 0. The lowest BCUT2D eigenvalue weighted by Gasteiger charge is -1.98. The minimum absolute atomic E-state index is 1.08. The quantitative estimate of drug-likeness (QED) is 0.533. The lowest BCUT2D eigenvalue weighted by molar-refractivity contribution is 1.43. The van der Waals surface area contributed by atoms with Crippen molar-refractivity contribution in [2.24, 2.45) is 0 Å². The Hall–Kier alpha value is -1.30. The van der Waals surface area contributed by atoms with Gasteiger partial charge in [0.15, 0.2) is 0 Å². The summed E-state index contributed by atoms with van der Waals surface area (Å²) >= 11 is 0. The van der Waals surface area contributed by atoms with Crippen LogP contribution in [0.15, 0.2) is 61.3 Å². The van der Waals surface area contributed by atoms with Gasteiger partial charge in [-0.15, -0.1) is 0 Å². The molecule has 0 saturated carbocycles. The van der Waals surface area contributed by atoms with E-state index in [1.807, 2.05) is 19.1 Å². The van der Waals surface area contributed by atoms with E-state index in [9.17, 15) is 0 Å².